The van der Waals surface area contributed by atoms with Gasteiger partial charge in [0.15, 0.2) is 5.50 Å². The first-order valence-corrected chi connectivity index (χ1v) is 6.68. The lowest BCUT2D eigenvalue weighted by molar-refractivity contribution is 0.784. The van der Waals surface area contributed by atoms with Gasteiger partial charge in [-0.05, 0) is 5.39 Å². The van der Waals surface area contributed by atoms with Crippen molar-refractivity contribution < 1.29 is 0 Å². The molecule has 1 aliphatic heterocycles. The Morgan fingerprint density at radius 2 is 1.90 bits per heavy atom. The van der Waals surface area contributed by atoms with E-state index in [0.29, 0.717) is 10.6 Å². The molecular formula is C15H7Cl2N3. The molecular weight excluding hydrogens is 293 g/mol. The first kappa shape index (κ1) is 12.9. The Balaban J connectivity index is 2.59. The minimum Gasteiger partial charge on any atom is -0.261 e. The Bertz CT molecular complexity index is 921. The fourth-order valence-electron chi connectivity index (χ4n) is 2.36. The molecule has 0 aromatic heterocycles. The van der Waals surface area contributed by atoms with Crippen molar-refractivity contribution in [2.45, 2.75) is 10.4 Å². The lowest BCUT2D eigenvalue weighted by Gasteiger charge is -2.24. The van der Waals surface area contributed by atoms with Gasteiger partial charge in [-0.25, -0.2) is 0 Å². The van der Waals surface area contributed by atoms with Gasteiger partial charge in [0.2, 0.25) is 4.87 Å². The van der Waals surface area contributed by atoms with Crippen molar-refractivity contribution >= 4 is 39.5 Å². The third-order valence-electron chi connectivity index (χ3n) is 3.38. The van der Waals surface area contributed by atoms with Gasteiger partial charge in [0.25, 0.3) is 0 Å². The molecule has 0 saturated heterocycles. The van der Waals surface area contributed by atoms with E-state index in [4.69, 9.17) is 23.2 Å². The number of nitrogens with zero attached hydrogens (tertiary/aromatic N) is 3. The minimum absolute atomic E-state index is 0.150. The van der Waals surface area contributed by atoms with Gasteiger partial charge in [-0.3, -0.25) is 4.99 Å². The molecule has 1 heterocycles. The summed E-state index contributed by atoms with van der Waals surface area (Å²) in [6, 6.07) is 15.2. The van der Waals surface area contributed by atoms with Gasteiger partial charge in [0.05, 0.1) is 23.1 Å². The van der Waals surface area contributed by atoms with Crippen LogP contribution in [0.4, 0.5) is 0 Å². The van der Waals surface area contributed by atoms with Gasteiger partial charge in [-0.1, -0.05) is 59.6 Å². The van der Waals surface area contributed by atoms with E-state index in [1.807, 2.05) is 42.5 Å². The molecule has 2 aromatic rings. The molecule has 0 amide bonds. The van der Waals surface area contributed by atoms with E-state index in [1.165, 1.54) is 0 Å². The highest BCUT2D eigenvalue weighted by Crippen LogP contribution is 2.34. The Morgan fingerprint density at radius 1 is 1.15 bits per heavy atom. The highest BCUT2D eigenvalue weighted by atomic mass is 35.5. The van der Waals surface area contributed by atoms with Crippen LogP contribution in [0.15, 0.2) is 41.4 Å². The average Bonchev–Trinajstić information content (AvgIpc) is 2.48. The quantitative estimate of drug-likeness (QED) is 0.553. The van der Waals surface area contributed by atoms with Crippen LogP contribution in [0.5, 0.6) is 0 Å². The Morgan fingerprint density at radius 3 is 2.60 bits per heavy atom. The molecule has 2 aromatic carbocycles. The van der Waals surface area contributed by atoms with Crippen molar-refractivity contribution in [1.29, 1.82) is 10.5 Å². The van der Waals surface area contributed by atoms with Crippen molar-refractivity contribution in [3.63, 3.8) is 0 Å². The molecule has 0 N–H and O–H groups in total. The van der Waals surface area contributed by atoms with E-state index in [-0.39, 0.29) is 5.57 Å². The zero-order chi connectivity index (χ0) is 14.3. The van der Waals surface area contributed by atoms with Gasteiger partial charge < -0.3 is 0 Å². The molecule has 3 nitrogen and oxygen atoms in total. The lowest BCUT2D eigenvalue weighted by atomic mass is 9.93. The fraction of sp³-hybridized carbons (Fsp3) is 0.133. The number of halogens is 2. The summed E-state index contributed by atoms with van der Waals surface area (Å²) in [6.45, 7) is 0. The topological polar surface area (TPSA) is 59.9 Å². The summed E-state index contributed by atoms with van der Waals surface area (Å²) in [4.78, 5) is 2.72. The van der Waals surface area contributed by atoms with Crippen LogP contribution in [0, 0.1) is 22.7 Å². The normalized spacial score (nSPS) is 24.4. The SMILES string of the molecule is N#CC1=c2ccc3ccccc3c2=NC(Cl)C1(Cl)C#N. The highest BCUT2D eigenvalue weighted by molar-refractivity contribution is 6.39. The van der Waals surface area contributed by atoms with Gasteiger partial charge in [0, 0.05) is 10.6 Å². The molecule has 0 bridgehead atoms. The number of benzene rings is 2. The summed E-state index contributed by atoms with van der Waals surface area (Å²) < 4.78 is 0. The second kappa shape index (κ2) is 4.49. The molecule has 2 atom stereocenters. The molecule has 96 valence electrons. The first-order chi connectivity index (χ1) is 9.61. The maximum atomic E-state index is 9.37. The second-order valence-electron chi connectivity index (χ2n) is 4.46. The van der Waals surface area contributed by atoms with Gasteiger partial charge in [0.1, 0.15) is 0 Å². The molecule has 0 spiro atoms. The lowest BCUT2D eigenvalue weighted by Crippen LogP contribution is -2.45. The van der Waals surface area contributed by atoms with Crippen molar-refractivity contribution in [3.05, 3.63) is 47.0 Å². The third-order valence-corrected chi connectivity index (χ3v) is 4.40. The standard InChI is InChI=1S/C15H7Cl2N3/c16-14-15(17,8-19)12(7-18)11-6-5-9-3-1-2-4-10(9)13(11)20-14/h1-6,14H. The maximum Gasteiger partial charge on any atom is 0.202 e. The van der Waals surface area contributed by atoms with Crippen LogP contribution in [-0.2, 0) is 0 Å². The van der Waals surface area contributed by atoms with Crippen molar-refractivity contribution in [1.82, 2.24) is 0 Å². The van der Waals surface area contributed by atoms with Crippen LogP contribution in [0.25, 0.3) is 16.3 Å². The van der Waals surface area contributed by atoms with E-state index in [2.05, 4.69) is 4.99 Å². The Labute approximate surface area is 125 Å². The Kier molecular flexibility index (Phi) is 2.91. The van der Waals surface area contributed by atoms with Crippen LogP contribution in [0.1, 0.15) is 0 Å². The zero-order valence-electron chi connectivity index (χ0n) is 10.1. The van der Waals surface area contributed by atoms with E-state index in [1.54, 1.807) is 6.07 Å². The van der Waals surface area contributed by atoms with E-state index < -0.39 is 10.4 Å². The fourth-order valence-corrected chi connectivity index (χ4v) is 2.81. The zero-order valence-corrected chi connectivity index (χ0v) is 11.7. The van der Waals surface area contributed by atoms with E-state index >= 15 is 0 Å². The van der Waals surface area contributed by atoms with Gasteiger partial charge in [-0.15, -0.1) is 0 Å². The molecule has 1 aliphatic rings. The molecule has 5 heteroatoms. The van der Waals surface area contributed by atoms with Crippen LogP contribution in [0.3, 0.4) is 0 Å². The number of hydrogen-bond donors (Lipinski definition) is 0. The summed E-state index contributed by atoms with van der Waals surface area (Å²) in [6.07, 6.45) is 0. The number of rotatable bonds is 0. The Hall–Kier alpha value is -2.07. The van der Waals surface area contributed by atoms with Gasteiger partial charge in [-0.2, -0.15) is 10.5 Å². The van der Waals surface area contributed by atoms with Gasteiger partial charge >= 0.3 is 0 Å². The summed E-state index contributed by atoms with van der Waals surface area (Å²) in [5.41, 5.74) is -0.848. The number of hydrogen-bond acceptors (Lipinski definition) is 3. The first-order valence-electron chi connectivity index (χ1n) is 5.86. The number of fused-ring (bicyclic) bond motifs is 3. The van der Waals surface area contributed by atoms with Crippen LogP contribution >= 0.6 is 23.2 Å². The largest absolute Gasteiger partial charge is 0.261 e. The highest BCUT2D eigenvalue weighted by Gasteiger charge is 2.43. The van der Waals surface area contributed by atoms with Crippen molar-refractivity contribution in [2.24, 2.45) is 4.99 Å². The van der Waals surface area contributed by atoms with Crippen molar-refractivity contribution in [2.75, 3.05) is 0 Å². The minimum atomic E-state index is -1.62. The molecule has 0 radical (unpaired) electrons. The molecule has 0 fully saturated rings. The number of alkyl halides is 2. The monoisotopic (exact) mass is 299 g/mol. The summed E-state index contributed by atoms with van der Waals surface area (Å²) in [7, 11) is 0. The van der Waals surface area contributed by atoms with E-state index in [0.717, 1.165) is 10.8 Å². The van der Waals surface area contributed by atoms with Crippen LogP contribution < -0.4 is 10.6 Å². The van der Waals surface area contributed by atoms with E-state index in [9.17, 15) is 10.5 Å². The summed E-state index contributed by atoms with van der Waals surface area (Å²) in [5.74, 6) is 0. The smallest absolute Gasteiger partial charge is 0.202 e. The third kappa shape index (κ3) is 1.61. The summed E-state index contributed by atoms with van der Waals surface area (Å²) in [5, 5.41) is 21.7. The second-order valence-corrected chi connectivity index (χ2v) is 5.47. The molecule has 2 unspecified atom stereocenters. The summed E-state index contributed by atoms with van der Waals surface area (Å²) >= 11 is 12.3. The predicted octanol–water partition coefficient (Wildman–Crippen LogP) is 2.21. The maximum absolute atomic E-state index is 9.37. The predicted molar refractivity (Wildman–Crippen MR) is 77.6 cm³/mol. The van der Waals surface area contributed by atoms with Crippen LogP contribution in [0.2, 0.25) is 0 Å². The molecule has 20 heavy (non-hydrogen) atoms. The molecule has 3 rings (SSSR count). The van der Waals surface area contributed by atoms with Crippen LogP contribution in [-0.4, -0.2) is 10.4 Å². The molecule has 0 aliphatic carbocycles. The van der Waals surface area contributed by atoms with Crippen molar-refractivity contribution in [3.8, 4) is 12.1 Å². The average molecular weight is 300 g/mol. The molecule has 0 saturated carbocycles. The number of nitriles is 2.